The molecule has 7 nitrogen and oxygen atoms in total. The van der Waals surface area contributed by atoms with Crippen molar-refractivity contribution in [1.82, 2.24) is 5.16 Å². The van der Waals surface area contributed by atoms with Gasteiger partial charge in [0.2, 0.25) is 0 Å². The van der Waals surface area contributed by atoms with Crippen molar-refractivity contribution in [3.63, 3.8) is 0 Å². The maximum absolute atomic E-state index is 13.5. The molecule has 2 aromatic rings. The van der Waals surface area contributed by atoms with E-state index in [-0.39, 0.29) is 11.5 Å². The van der Waals surface area contributed by atoms with Crippen LogP contribution in [0.15, 0.2) is 28.8 Å². The van der Waals surface area contributed by atoms with Gasteiger partial charge in [0.05, 0.1) is 10.5 Å². The molecule has 0 fully saturated rings. The summed E-state index contributed by atoms with van der Waals surface area (Å²) in [6.07, 6.45) is 0. The summed E-state index contributed by atoms with van der Waals surface area (Å²) >= 11 is 0. The fourth-order valence-electron chi connectivity index (χ4n) is 1.41. The summed E-state index contributed by atoms with van der Waals surface area (Å²) in [5.74, 6) is -1.12. The molecule has 19 heavy (non-hydrogen) atoms. The first-order valence-corrected chi connectivity index (χ1v) is 5.16. The Hall–Kier alpha value is -2.77. The molecule has 0 aliphatic heterocycles. The lowest BCUT2D eigenvalue weighted by Gasteiger charge is -2.02. The van der Waals surface area contributed by atoms with E-state index < -0.39 is 22.2 Å². The van der Waals surface area contributed by atoms with Crippen LogP contribution in [0.4, 0.5) is 15.9 Å². The molecule has 0 aliphatic carbocycles. The number of carbonyl (C=O) groups is 1. The van der Waals surface area contributed by atoms with E-state index in [2.05, 4.69) is 10.5 Å². The van der Waals surface area contributed by atoms with Crippen LogP contribution in [0.3, 0.4) is 0 Å². The number of nitrogens with one attached hydrogen (secondary N) is 1. The van der Waals surface area contributed by atoms with Crippen molar-refractivity contribution in [2.75, 3.05) is 5.32 Å². The van der Waals surface area contributed by atoms with Crippen LogP contribution in [-0.2, 0) is 0 Å². The van der Waals surface area contributed by atoms with Gasteiger partial charge in [-0.05, 0) is 13.0 Å². The molecule has 0 radical (unpaired) electrons. The van der Waals surface area contributed by atoms with Crippen molar-refractivity contribution < 1.29 is 18.6 Å². The highest BCUT2D eigenvalue weighted by molar-refractivity contribution is 6.04. The predicted octanol–water partition coefficient (Wildman–Crippen LogP) is 2.28. The molecular formula is C11H8FN3O4. The summed E-state index contributed by atoms with van der Waals surface area (Å²) in [5.41, 5.74) is -0.808. The Morgan fingerprint density at radius 2 is 2.21 bits per heavy atom. The number of hydrogen-bond donors (Lipinski definition) is 1. The number of hydrogen-bond acceptors (Lipinski definition) is 5. The highest BCUT2D eigenvalue weighted by atomic mass is 19.1. The van der Waals surface area contributed by atoms with Crippen LogP contribution in [0.2, 0.25) is 0 Å². The molecule has 1 heterocycles. The maximum Gasteiger partial charge on any atom is 0.270 e. The topological polar surface area (TPSA) is 98.3 Å². The first-order chi connectivity index (χ1) is 8.97. The number of halogens is 1. The number of aromatic nitrogens is 1. The normalized spacial score (nSPS) is 10.2. The van der Waals surface area contributed by atoms with Gasteiger partial charge in [-0.15, -0.1) is 0 Å². The number of aryl methyl sites for hydroxylation is 1. The van der Waals surface area contributed by atoms with Crippen molar-refractivity contribution in [2.24, 2.45) is 0 Å². The quantitative estimate of drug-likeness (QED) is 0.678. The van der Waals surface area contributed by atoms with Gasteiger partial charge in [-0.25, -0.2) is 4.39 Å². The monoisotopic (exact) mass is 265 g/mol. The smallest absolute Gasteiger partial charge is 0.270 e. The number of amides is 1. The average molecular weight is 265 g/mol. The molecule has 1 aromatic carbocycles. The van der Waals surface area contributed by atoms with Crippen molar-refractivity contribution in [1.29, 1.82) is 0 Å². The third-order valence-electron chi connectivity index (χ3n) is 2.27. The Bertz CT molecular complexity index is 653. The number of nitro groups is 1. The Morgan fingerprint density at radius 3 is 2.79 bits per heavy atom. The lowest BCUT2D eigenvalue weighted by atomic mass is 10.1. The van der Waals surface area contributed by atoms with Gasteiger partial charge in [-0.3, -0.25) is 14.9 Å². The van der Waals surface area contributed by atoms with Crippen LogP contribution in [0.1, 0.15) is 16.1 Å². The second-order valence-electron chi connectivity index (χ2n) is 3.70. The molecule has 8 heteroatoms. The molecule has 0 bridgehead atoms. The van der Waals surface area contributed by atoms with Crippen LogP contribution in [-0.4, -0.2) is 16.0 Å². The largest absolute Gasteiger partial charge is 0.360 e. The summed E-state index contributed by atoms with van der Waals surface area (Å²) in [6, 6.07) is 4.14. The van der Waals surface area contributed by atoms with Gasteiger partial charge in [0.25, 0.3) is 11.6 Å². The molecule has 0 unspecified atom stereocenters. The second-order valence-corrected chi connectivity index (χ2v) is 3.70. The Morgan fingerprint density at radius 1 is 1.47 bits per heavy atom. The zero-order chi connectivity index (χ0) is 14.0. The van der Waals surface area contributed by atoms with Crippen molar-refractivity contribution >= 4 is 17.4 Å². The fraction of sp³-hybridized carbons (Fsp3) is 0.0909. The van der Waals surface area contributed by atoms with Gasteiger partial charge in [0.1, 0.15) is 11.6 Å². The van der Waals surface area contributed by atoms with Crippen molar-refractivity contribution in [3.8, 4) is 0 Å². The number of nitrogens with zero attached hydrogens (tertiary/aromatic N) is 2. The summed E-state index contributed by atoms with van der Waals surface area (Å²) in [5, 5.41) is 16.4. The number of rotatable bonds is 3. The van der Waals surface area contributed by atoms with E-state index in [4.69, 9.17) is 4.52 Å². The summed E-state index contributed by atoms with van der Waals surface area (Å²) in [4.78, 5) is 21.6. The van der Waals surface area contributed by atoms with Gasteiger partial charge in [-0.2, -0.15) is 0 Å². The maximum atomic E-state index is 13.5. The molecule has 0 spiro atoms. The number of non-ortho nitro benzene ring substituents is 1. The summed E-state index contributed by atoms with van der Waals surface area (Å²) in [7, 11) is 0. The second kappa shape index (κ2) is 4.84. The average Bonchev–Trinajstić information content (AvgIpc) is 2.74. The van der Waals surface area contributed by atoms with Gasteiger partial charge >= 0.3 is 0 Å². The molecule has 98 valence electrons. The minimum atomic E-state index is -0.858. The number of anilines is 1. The predicted molar refractivity (Wildman–Crippen MR) is 62.2 cm³/mol. The van der Waals surface area contributed by atoms with Crippen LogP contribution in [0, 0.1) is 22.9 Å². The van der Waals surface area contributed by atoms with E-state index in [0.29, 0.717) is 5.76 Å². The van der Waals surface area contributed by atoms with Gasteiger partial charge in [0.15, 0.2) is 5.82 Å². The number of nitro benzene ring substituents is 1. The van der Waals surface area contributed by atoms with Gasteiger partial charge < -0.3 is 9.84 Å². The first-order valence-electron chi connectivity index (χ1n) is 5.16. The zero-order valence-corrected chi connectivity index (χ0v) is 9.71. The summed E-state index contributed by atoms with van der Waals surface area (Å²) in [6.45, 7) is 1.62. The molecular weight excluding hydrogens is 257 g/mol. The number of benzene rings is 1. The van der Waals surface area contributed by atoms with E-state index in [1.807, 2.05) is 0 Å². The highest BCUT2D eigenvalue weighted by Gasteiger charge is 2.17. The molecule has 0 saturated carbocycles. The van der Waals surface area contributed by atoms with E-state index in [1.165, 1.54) is 6.07 Å². The molecule has 2 rings (SSSR count). The third-order valence-corrected chi connectivity index (χ3v) is 2.27. The number of carbonyl (C=O) groups excluding carboxylic acids is 1. The SMILES string of the molecule is Cc1cc(NC(=O)c2cc([N+](=O)[O-])ccc2F)no1. The van der Waals surface area contributed by atoms with Crippen LogP contribution in [0.5, 0.6) is 0 Å². The standard InChI is InChI=1S/C11H8FN3O4/c1-6-4-10(14-19-6)13-11(16)8-5-7(15(17)18)2-3-9(8)12/h2-5H,1H3,(H,13,14,16). The van der Waals surface area contributed by atoms with Crippen molar-refractivity contribution in [2.45, 2.75) is 6.92 Å². The molecule has 0 atom stereocenters. The Balaban J connectivity index is 2.27. The molecule has 1 amide bonds. The van der Waals surface area contributed by atoms with E-state index >= 15 is 0 Å². The minimum Gasteiger partial charge on any atom is -0.360 e. The summed E-state index contributed by atoms with van der Waals surface area (Å²) < 4.78 is 18.2. The first kappa shape index (κ1) is 12.7. The minimum absolute atomic E-state index is 0.105. The van der Waals surface area contributed by atoms with Gasteiger partial charge in [0, 0.05) is 18.2 Å². The van der Waals surface area contributed by atoms with E-state index in [0.717, 1.165) is 18.2 Å². The fourth-order valence-corrected chi connectivity index (χ4v) is 1.41. The van der Waals surface area contributed by atoms with Crippen LogP contribution >= 0.6 is 0 Å². The van der Waals surface area contributed by atoms with Gasteiger partial charge in [-0.1, -0.05) is 5.16 Å². The molecule has 0 aliphatic rings. The zero-order valence-electron chi connectivity index (χ0n) is 9.71. The van der Waals surface area contributed by atoms with E-state index in [1.54, 1.807) is 6.92 Å². The van der Waals surface area contributed by atoms with Crippen LogP contribution in [0.25, 0.3) is 0 Å². The lowest BCUT2D eigenvalue weighted by molar-refractivity contribution is -0.384. The Kier molecular flexibility index (Phi) is 3.23. The lowest BCUT2D eigenvalue weighted by Crippen LogP contribution is -2.14. The molecule has 1 N–H and O–H groups in total. The van der Waals surface area contributed by atoms with Crippen molar-refractivity contribution in [3.05, 3.63) is 51.5 Å². The third kappa shape index (κ3) is 2.73. The van der Waals surface area contributed by atoms with E-state index in [9.17, 15) is 19.3 Å². The molecule has 0 saturated heterocycles. The Labute approximate surface area is 106 Å². The molecule has 1 aromatic heterocycles. The van der Waals surface area contributed by atoms with Crippen LogP contribution < -0.4 is 5.32 Å². The highest BCUT2D eigenvalue weighted by Crippen LogP contribution is 2.18.